The van der Waals surface area contributed by atoms with E-state index in [4.69, 9.17) is 0 Å². The monoisotopic (exact) mass is 166 g/mol. The Balaban J connectivity index is 2.00. The highest BCUT2D eigenvalue weighted by molar-refractivity contribution is 4.98. The normalized spacial score (nSPS) is 39.0. The van der Waals surface area contributed by atoms with Gasteiger partial charge in [0.2, 0.25) is 0 Å². The van der Waals surface area contributed by atoms with Gasteiger partial charge in [0, 0.05) is 0 Å². The molecule has 12 heavy (non-hydrogen) atoms. The molecule has 0 nitrogen and oxygen atoms in total. The van der Waals surface area contributed by atoms with Crippen LogP contribution in [0.3, 0.4) is 0 Å². The zero-order chi connectivity index (χ0) is 8.77. The Morgan fingerprint density at radius 3 is 2.33 bits per heavy atom. The lowest BCUT2D eigenvalue weighted by molar-refractivity contribution is 0.135. The summed E-state index contributed by atoms with van der Waals surface area (Å²) in [7, 11) is 0. The van der Waals surface area contributed by atoms with Crippen molar-refractivity contribution >= 4 is 0 Å². The summed E-state index contributed by atoms with van der Waals surface area (Å²) >= 11 is 0. The van der Waals surface area contributed by atoms with Gasteiger partial charge in [-0.3, -0.25) is 0 Å². The molecule has 0 heteroatoms. The van der Waals surface area contributed by atoms with Gasteiger partial charge in [-0.2, -0.15) is 0 Å². The Morgan fingerprint density at radius 1 is 1.17 bits per heavy atom. The lowest BCUT2D eigenvalue weighted by Crippen LogP contribution is -2.27. The highest BCUT2D eigenvalue weighted by Crippen LogP contribution is 2.59. The van der Waals surface area contributed by atoms with Crippen LogP contribution in [0.2, 0.25) is 0 Å². The second-order valence-corrected chi connectivity index (χ2v) is 5.63. The molecule has 2 saturated carbocycles. The van der Waals surface area contributed by atoms with E-state index in [0.29, 0.717) is 0 Å². The smallest absolute Gasteiger partial charge is 0.0294 e. The Morgan fingerprint density at radius 2 is 1.83 bits per heavy atom. The maximum Gasteiger partial charge on any atom is -0.0294 e. The summed E-state index contributed by atoms with van der Waals surface area (Å²) in [5, 5.41) is 0. The topological polar surface area (TPSA) is 0 Å². The predicted molar refractivity (Wildman–Crippen MR) is 53.0 cm³/mol. The second kappa shape index (κ2) is 2.75. The minimum Gasteiger partial charge on any atom is -0.0625 e. The molecule has 0 radical (unpaired) electrons. The van der Waals surface area contributed by atoms with Crippen LogP contribution in [-0.2, 0) is 0 Å². The fourth-order valence-electron chi connectivity index (χ4n) is 3.07. The number of hydrogen-bond acceptors (Lipinski definition) is 0. The molecule has 70 valence electrons. The van der Waals surface area contributed by atoms with Crippen molar-refractivity contribution in [3.8, 4) is 0 Å². The zero-order valence-corrected chi connectivity index (χ0v) is 8.77. The minimum atomic E-state index is 0.863. The van der Waals surface area contributed by atoms with Crippen LogP contribution >= 0.6 is 0 Å². The van der Waals surface area contributed by atoms with E-state index < -0.39 is 0 Å². The van der Waals surface area contributed by atoms with Crippen molar-refractivity contribution < 1.29 is 0 Å². The lowest BCUT2D eigenvalue weighted by Gasteiger charge is -2.37. The van der Waals surface area contributed by atoms with Crippen molar-refractivity contribution in [3.63, 3.8) is 0 Å². The predicted octanol–water partition coefficient (Wildman–Crippen LogP) is 3.86. The van der Waals surface area contributed by atoms with Gasteiger partial charge in [-0.15, -0.1) is 0 Å². The van der Waals surface area contributed by atoms with Gasteiger partial charge in [-0.1, -0.05) is 20.8 Å². The molecule has 0 saturated heterocycles. The van der Waals surface area contributed by atoms with E-state index in [0.717, 1.165) is 23.2 Å². The van der Waals surface area contributed by atoms with Crippen LogP contribution < -0.4 is 0 Å². The maximum atomic E-state index is 2.46. The van der Waals surface area contributed by atoms with E-state index in [1.54, 1.807) is 19.3 Å². The molecule has 0 N–H and O–H groups in total. The van der Waals surface area contributed by atoms with E-state index in [2.05, 4.69) is 20.8 Å². The average Bonchev–Trinajstić information content (AvgIpc) is 2.76. The molecule has 2 aliphatic rings. The molecule has 0 aromatic heterocycles. The third-order valence-corrected chi connectivity index (χ3v) is 4.34. The van der Waals surface area contributed by atoms with Gasteiger partial charge in [-0.05, 0) is 55.3 Å². The van der Waals surface area contributed by atoms with Crippen LogP contribution in [0, 0.1) is 23.2 Å². The van der Waals surface area contributed by atoms with Crippen molar-refractivity contribution in [3.05, 3.63) is 0 Å². The van der Waals surface area contributed by atoms with E-state index >= 15 is 0 Å². The fraction of sp³-hybridized carbons (Fsp3) is 1.00. The molecular weight excluding hydrogens is 144 g/mol. The molecular formula is C12H22. The molecule has 2 rings (SSSR count). The summed E-state index contributed by atoms with van der Waals surface area (Å²) in [5.41, 5.74) is 0.863. The standard InChI is InChI=1S/C12H22/c1-9(2)11-8-12(6-7-12)5-4-10(11)3/h9-11H,4-8H2,1-3H3. The molecule has 0 bridgehead atoms. The van der Waals surface area contributed by atoms with E-state index in [1.165, 1.54) is 12.8 Å². The van der Waals surface area contributed by atoms with Gasteiger partial charge in [-0.25, -0.2) is 0 Å². The van der Waals surface area contributed by atoms with Gasteiger partial charge < -0.3 is 0 Å². The molecule has 0 amide bonds. The summed E-state index contributed by atoms with van der Waals surface area (Å²) < 4.78 is 0. The molecule has 2 unspecified atom stereocenters. The SMILES string of the molecule is CC(C)C1CC2(CCC1C)CC2. The molecule has 0 heterocycles. The summed E-state index contributed by atoms with van der Waals surface area (Å²) in [6.45, 7) is 7.27. The first-order valence-corrected chi connectivity index (χ1v) is 5.63. The molecule has 0 aromatic rings. The molecule has 0 aliphatic heterocycles. The Kier molecular flexibility index (Phi) is 1.97. The Hall–Kier alpha value is 0. The van der Waals surface area contributed by atoms with Crippen molar-refractivity contribution in [1.29, 1.82) is 0 Å². The Labute approximate surface area is 76.7 Å². The lowest BCUT2D eigenvalue weighted by atomic mass is 9.69. The number of rotatable bonds is 1. The van der Waals surface area contributed by atoms with Crippen LogP contribution in [-0.4, -0.2) is 0 Å². The second-order valence-electron chi connectivity index (χ2n) is 5.63. The summed E-state index contributed by atoms with van der Waals surface area (Å²) in [4.78, 5) is 0. The summed E-state index contributed by atoms with van der Waals surface area (Å²) in [6, 6.07) is 0. The summed E-state index contributed by atoms with van der Waals surface area (Å²) in [5.74, 6) is 2.94. The third-order valence-electron chi connectivity index (χ3n) is 4.34. The molecule has 2 fully saturated rings. The quantitative estimate of drug-likeness (QED) is 0.555. The van der Waals surface area contributed by atoms with Crippen LogP contribution in [0.15, 0.2) is 0 Å². The fourth-order valence-corrected chi connectivity index (χ4v) is 3.07. The van der Waals surface area contributed by atoms with Crippen LogP contribution in [0.5, 0.6) is 0 Å². The van der Waals surface area contributed by atoms with Crippen LogP contribution in [0.4, 0.5) is 0 Å². The van der Waals surface area contributed by atoms with Gasteiger partial charge in [0.05, 0.1) is 0 Å². The zero-order valence-electron chi connectivity index (χ0n) is 8.77. The summed E-state index contributed by atoms with van der Waals surface area (Å²) in [6.07, 6.45) is 7.68. The first-order valence-electron chi connectivity index (χ1n) is 5.63. The van der Waals surface area contributed by atoms with Gasteiger partial charge >= 0.3 is 0 Å². The highest BCUT2D eigenvalue weighted by atomic mass is 14.5. The van der Waals surface area contributed by atoms with Crippen molar-refractivity contribution in [2.75, 3.05) is 0 Å². The first kappa shape index (κ1) is 8.59. The van der Waals surface area contributed by atoms with E-state index in [9.17, 15) is 0 Å². The molecule has 2 aliphatic carbocycles. The third kappa shape index (κ3) is 1.41. The van der Waals surface area contributed by atoms with Crippen molar-refractivity contribution in [2.24, 2.45) is 23.2 Å². The van der Waals surface area contributed by atoms with E-state index in [1.807, 2.05) is 0 Å². The number of hydrogen-bond donors (Lipinski definition) is 0. The van der Waals surface area contributed by atoms with Gasteiger partial charge in [0.25, 0.3) is 0 Å². The molecule has 0 aromatic carbocycles. The Bertz CT molecular complexity index is 165. The molecule has 2 atom stereocenters. The largest absolute Gasteiger partial charge is 0.0625 e. The van der Waals surface area contributed by atoms with Crippen molar-refractivity contribution in [1.82, 2.24) is 0 Å². The van der Waals surface area contributed by atoms with Crippen molar-refractivity contribution in [2.45, 2.75) is 52.9 Å². The first-order chi connectivity index (χ1) is 5.63. The van der Waals surface area contributed by atoms with Crippen LogP contribution in [0.25, 0.3) is 0 Å². The highest BCUT2D eigenvalue weighted by Gasteiger charge is 2.47. The maximum absolute atomic E-state index is 2.46. The minimum absolute atomic E-state index is 0.863. The van der Waals surface area contributed by atoms with Crippen LogP contribution in [0.1, 0.15) is 52.9 Å². The van der Waals surface area contributed by atoms with E-state index in [-0.39, 0.29) is 0 Å². The van der Waals surface area contributed by atoms with Gasteiger partial charge in [0.1, 0.15) is 0 Å². The molecule has 1 spiro atoms. The average molecular weight is 166 g/mol. The van der Waals surface area contributed by atoms with Gasteiger partial charge in [0.15, 0.2) is 0 Å².